The van der Waals surface area contributed by atoms with Crippen molar-refractivity contribution in [3.63, 3.8) is 0 Å². The van der Waals surface area contributed by atoms with Gasteiger partial charge in [0.15, 0.2) is 6.54 Å². The monoisotopic (exact) mass is 356 g/mol. The van der Waals surface area contributed by atoms with Crippen molar-refractivity contribution < 1.29 is 19.2 Å². The Morgan fingerprint density at radius 2 is 2.08 bits per heavy atom. The molecule has 2 atom stereocenters. The molecule has 1 rings (SSSR count). The number of hydrogen-bond donors (Lipinski definition) is 3. The lowest BCUT2D eigenvalue weighted by atomic mass is 10.2. The summed E-state index contributed by atoms with van der Waals surface area (Å²) >= 11 is 6.02. The summed E-state index contributed by atoms with van der Waals surface area (Å²) in [4.78, 5) is 24.8. The molecular weight excluding hydrogens is 330 g/mol. The van der Waals surface area contributed by atoms with Crippen molar-refractivity contribution in [2.75, 3.05) is 27.2 Å². The van der Waals surface area contributed by atoms with Gasteiger partial charge in [-0.1, -0.05) is 18.5 Å². The van der Waals surface area contributed by atoms with Crippen molar-refractivity contribution in [1.29, 1.82) is 0 Å². The number of amides is 2. The van der Waals surface area contributed by atoms with Gasteiger partial charge in [-0.15, -0.1) is 0 Å². The van der Waals surface area contributed by atoms with E-state index < -0.39 is 6.04 Å². The third kappa shape index (κ3) is 6.76. The standard InChI is InChI=1S/C17H26ClN3O3/c1-5-8-19-17(23)12(2)20-16(22)11-21(3)10-13-9-14(18)6-7-15(13)24-4/h6-7,9,12H,5,8,10-11H2,1-4H3,(H,19,23)(H,20,22)/p+1/t12-/m1/s1. The van der Waals surface area contributed by atoms with Crippen LogP contribution in [0, 0.1) is 0 Å². The SMILES string of the molecule is CCCNC(=O)[C@@H](C)NC(=O)C[NH+](C)Cc1cc(Cl)ccc1OC. The van der Waals surface area contributed by atoms with Gasteiger partial charge >= 0.3 is 0 Å². The second kappa shape index (κ2) is 10.2. The van der Waals surface area contributed by atoms with Crippen LogP contribution in [0.5, 0.6) is 5.75 Å². The number of likely N-dealkylation sites (N-methyl/N-ethyl adjacent to an activating group) is 1. The molecule has 0 fully saturated rings. The Morgan fingerprint density at radius 1 is 1.38 bits per heavy atom. The highest BCUT2D eigenvalue weighted by Gasteiger charge is 2.18. The summed E-state index contributed by atoms with van der Waals surface area (Å²) in [7, 11) is 3.51. The summed E-state index contributed by atoms with van der Waals surface area (Å²) in [5, 5.41) is 6.11. The van der Waals surface area contributed by atoms with Crippen molar-refractivity contribution in [2.24, 2.45) is 0 Å². The zero-order valence-electron chi connectivity index (χ0n) is 14.7. The largest absolute Gasteiger partial charge is 0.496 e. The van der Waals surface area contributed by atoms with Gasteiger partial charge < -0.3 is 20.3 Å². The highest BCUT2D eigenvalue weighted by Crippen LogP contribution is 2.21. The second-order valence-corrected chi connectivity index (χ2v) is 6.28. The predicted molar refractivity (Wildman–Crippen MR) is 94.4 cm³/mol. The van der Waals surface area contributed by atoms with Crippen LogP contribution in [-0.2, 0) is 16.1 Å². The van der Waals surface area contributed by atoms with Crippen LogP contribution in [0.15, 0.2) is 18.2 Å². The first-order valence-corrected chi connectivity index (χ1v) is 8.46. The molecule has 3 N–H and O–H groups in total. The molecule has 0 saturated carbocycles. The van der Waals surface area contributed by atoms with Gasteiger partial charge in [0, 0.05) is 17.1 Å². The molecule has 0 heterocycles. The maximum Gasteiger partial charge on any atom is 0.275 e. The van der Waals surface area contributed by atoms with E-state index in [9.17, 15) is 9.59 Å². The van der Waals surface area contributed by atoms with Crippen LogP contribution in [0.3, 0.4) is 0 Å². The van der Waals surface area contributed by atoms with Crippen molar-refractivity contribution >= 4 is 23.4 Å². The summed E-state index contributed by atoms with van der Waals surface area (Å²) in [6, 6.07) is 4.87. The predicted octanol–water partition coefficient (Wildman–Crippen LogP) is 0.394. The lowest BCUT2D eigenvalue weighted by Gasteiger charge is -2.18. The van der Waals surface area contributed by atoms with Gasteiger partial charge in [0.1, 0.15) is 18.3 Å². The smallest absolute Gasteiger partial charge is 0.275 e. The minimum Gasteiger partial charge on any atom is -0.496 e. The molecule has 24 heavy (non-hydrogen) atoms. The number of carbonyl (C=O) groups excluding carboxylic acids is 2. The van der Waals surface area contributed by atoms with Gasteiger partial charge in [-0.3, -0.25) is 9.59 Å². The molecule has 0 radical (unpaired) electrons. The highest BCUT2D eigenvalue weighted by molar-refractivity contribution is 6.30. The van der Waals surface area contributed by atoms with Crippen molar-refractivity contribution in [2.45, 2.75) is 32.9 Å². The number of rotatable bonds is 9. The third-order valence-electron chi connectivity index (χ3n) is 3.52. The Morgan fingerprint density at radius 3 is 2.71 bits per heavy atom. The van der Waals surface area contributed by atoms with E-state index in [0.29, 0.717) is 18.1 Å². The van der Waals surface area contributed by atoms with Crippen LogP contribution in [0.1, 0.15) is 25.8 Å². The summed E-state index contributed by atoms with van der Waals surface area (Å²) < 4.78 is 5.31. The first kappa shape index (κ1) is 20.3. The van der Waals surface area contributed by atoms with Crippen molar-refractivity contribution in [1.82, 2.24) is 10.6 Å². The number of halogens is 1. The summed E-state index contributed by atoms with van der Waals surface area (Å²) in [6.45, 7) is 5.11. The number of hydrogen-bond acceptors (Lipinski definition) is 3. The Balaban J connectivity index is 2.52. The van der Waals surface area contributed by atoms with E-state index >= 15 is 0 Å². The van der Waals surface area contributed by atoms with E-state index in [1.54, 1.807) is 20.1 Å². The van der Waals surface area contributed by atoms with Gasteiger partial charge in [-0.2, -0.15) is 0 Å². The lowest BCUT2D eigenvalue weighted by Crippen LogP contribution is -3.09. The summed E-state index contributed by atoms with van der Waals surface area (Å²) in [5.74, 6) is 0.401. The van der Waals surface area contributed by atoms with Gasteiger partial charge in [-0.25, -0.2) is 0 Å². The fraction of sp³-hybridized carbons (Fsp3) is 0.529. The van der Waals surface area contributed by atoms with Crippen molar-refractivity contribution in [3.05, 3.63) is 28.8 Å². The quantitative estimate of drug-likeness (QED) is 0.599. The summed E-state index contributed by atoms with van der Waals surface area (Å²) in [6.07, 6.45) is 0.862. The Kier molecular flexibility index (Phi) is 8.57. The van der Waals surface area contributed by atoms with E-state index in [1.807, 2.05) is 26.1 Å². The molecule has 1 unspecified atom stereocenters. The molecule has 134 valence electrons. The molecule has 1 aromatic carbocycles. The van der Waals surface area contributed by atoms with Gasteiger partial charge in [-0.05, 0) is 31.5 Å². The molecule has 0 aliphatic rings. The molecule has 7 heteroatoms. The molecule has 0 spiro atoms. The van der Waals surface area contributed by atoms with E-state index in [1.165, 1.54) is 0 Å². The van der Waals surface area contributed by atoms with E-state index in [-0.39, 0.29) is 18.4 Å². The molecule has 2 amide bonds. The number of ether oxygens (including phenoxy) is 1. The van der Waals surface area contributed by atoms with Crippen LogP contribution in [-0.4, -0.2) is 45.1 Å². The van der Waals surface area contributed by atoms with Gasteiger partial charge in [0.2, 0.25) is 5.91 Å². The van der Waals surface area contributed by atoms with E-state index in [2.05, 4.69) is 10.6 Å². The number of methoxy groups -OCH3 is 1. The Hall–Kier alpha value is -1.79. The van der Waals surface area contributed by atoms with Crippen LogP contribution in [0.2, 0.25) is 5.02 Å². The number of benzene rings is 1. The van der Waals surface area contributed by atoms with E-state index in [4.69, 9.17) is 16.3 Å². The fourth-order valence-electron chi connectivity index (χ4n) is 2.31. The number of carbonyl (C=O) groups is 2. The minimum absolute atomic E-state index is 0.167. The van der Waals surface area contributed by atoms with Gasteiger partial charge in [0.25, 0.3) is 5.91 Å². The molecule has 0 saturated heterocycles. The van der Waals surface area contributed by atoms with E-state index in [0.717, 1.165) is 22.6 Å². The average molecular weight is 357 g/mol. The third-order valence-corrected chi connectivity index (χ3v) is 3.75. The first-order chi connectivity index (χ1) is 11.4. The van der Waals surface area contributed by atoms with Crippen LogP contribution in [0.25, 0.3) is 0 Å². The molecule has 0 bridgehead atoms. The molecule has 6 nitrogen and oxygen atoms in total. The fourth-order valence-corrected chi connectivity index (χ4v) is 2.50. The minimum atomic E-state index is -0.544. The molecular formula is C17H27ClN3O3+. The molecule has 0 aromatic heterocycles. The van der Waals surface area contributed by atoms with Crippen LogP contribution in [0.4, 0.5) is 0 Å². The van der Waals surface area contributed by atoms with Gasteiger partial charge in [0.05, 0.1) is 14.2 Å². The first-order valence-electron chi connectivity index (χ1n) is 8.08. The average Bonchev–Trinajstić information content (AvgIpc) is 2.52. The Labute approximate surface area is 148 Å². The highest BCUT2D eigenvalue weighted by atomic mass is 35.5. The molecule has 0 aliphatic heterocycles. The molecule has 0 aliphatic carbocycles. The normalized spacial score (nSPS) is 13.0. The summed E-state index contributed by atoms with van der Waals surface area (Å²) in [5.41, 5.74) is 0.934. The zero-order chi connectivity index (χ0) is 18.1. The number of nitrogens with one attached hydrogen (secondary N) is 3. The van der Waals surface area contributed by atoms with Crippen LogP contribution < -0.4 is 20.3 Å². The topological polar surface area (TPSA) is 71.9 Å². The van der Waals surface area contributed by atoms with Crippen molar-refractivity contribution in [3.8, 4) is 5.75 Å². The maximum absolute atomic E-state index is 12.1. The maximum atomic E-state index is 12.1. The Bertz CT molecular complexity index is 566. The second-order valence-electron chi connectivity index (χ2n) is 5.85. The van der Waals surface area contributed by atoms with Crippen LogP contribution >= 0.6 is 11.6 Å². The number of quaternary nitrogens is 1. The molecule has 1 aromatic rings. The zero-order valence-corrected chi connectivity index (χ0v) is 15.5. The lowest BCUT2D eigenvalue weighted by molar-refractivity contribution is -0.885.